The van der Waals surface area contributed by atoms with Gasteiger partial charge < -0.3 is 0 Å². The number of hydrogen-bond acceptors (Lipinski definition) is 3. The second-order valence-corrected chi connectivity index (χ2v) is 5.25. The summed E-state index contributed by atoms with van der Waals surface area (Å²) in [5, 5.41) is 0. The van der Waals surface area contributed by atoms with Crippen LogP contribution in [0.4, 0.5) is 0 Å². The maximum absolute atomic E-state index is 4.55. The lowest BCUT2D eigenvalue weighted by Crippen LogP contribution is -1.89. The standard InChI is InChI=1S/C17H14N2S/c1-20-15-8-6-13(7-9-15)17-16(5-3-11-19-17)14-4-2-10-18-12-14/h2-12H,1H3. The third kappa shape index (κ3) is 2.58. The van der Waals surface area contributed by atoms with Crippen molar-refractivity contribution >= 4 is 11.8 Å². The van der Waals surface area contributed by atoms with Crippen LogP contribution in [0, 0.1) is 0 Å². The summed E-state index contributed by atoms with van der Waals surface area (Å²) >= 11 is 1.74. The predicted octanol–water partition coefficient (Wildman–Crippen LogP) is 4.53. The molecule has 0 saturated heterocycles. The van der Waals surface area contributed by atoms with Crippen LogP contribution in [0.15, 0.2) is 72.0 Å². The van der Waals surface area contributed by atoms with Crippen LogP contribution in [-0.2, 0) is 0 Å². The zero-order valence-electron chi connectivity index (χ0n) is 11.2. The van der Waals surface area contributed by atoms with Crippen molar-refractivity contribution in [1.82, 2.24) is 9.97 Å². The number of pyridine rings is 2. The van der Waals surface area contributed by atoms with Crippen LogP contribution in [0.3, 0.4) is 0 Å². The van der Waals surface area contributed by atoms with Gasteiger partial charge in [0.15, 0.2) is 0 Å². The monoisotopic (exact) mass is 278 g/mol. The van der Waals surface area contributed by atoms with Crippen LogP contribution >= 0.6 is 11.8 Å². The average molecular weight is 278 g/mol. The van der Waals surface area contributed by atoms with Crippen molar-refractivity contribution in [3.8, 4) is 22.4 Å². The molecule has 0 bridgehead atoms. The van der Waals surface area contributed by atoms with Gasteiger partial charge >= 0.3 is 0 Å². The Balaban J connectivity index is 2.10. The number of aromatic nitrogens is 2. The van der Waals surface area contributed by atoms with Crippen LogP contribution < -0.4 is 0 Å². The van der Waals surface area contributed by atoms with Gasteiger partial charge in [0.05, 0.1) is 5.69 Å². The molecule has 0 aliphatic rings. The molecule has 98 valence electrons. The summed E-state index contributed by atoms with van der Waals surface area (Å²) < 4.78 is 0. The second-order valence-electron chi connectivity index (χ2n) is 4.37. The van der Waals surface area contributed by atoms with Gasteiger partial charge in [-0.3, -0.25) is 9.97 Å². The summed E-state index contributed by atoms with van der Waals surface area (Å²) in [5.74, 6) is 0. The van der Waals surface area contributed by atoms with E-state index in [1.807, 2.05) is 24.5 Å². The van der Waals surface area contributed by atoms with Gasteiger partial charge in [0.25, 0.3) is 0 Å². The molecule has 0 spiro atoms. The van der Waals surface area contributed by atoms with Crippen molar-refractivity contribution in [1.29, 1.82) is 0 Å². The highest BCUT2D eigenvalue weighted by atomic mass is 32.2. The lowest BCUT2D eigenvalue weighted by molar-refractivity contribution is 1.29. The minimum Gasteiger partial charge on any atom is -0.264 e. The van der Waals surface area contributed by atoms with Crippen molar-refractivity contribution in [2.24, 2.45) is 0 Å². The first-order valence-corrected chi connectivity index (χ1v) is 7.61. The van der Waals surface area contributed by atoms with E-state index in [1.165, 1.54) is 4.90 Å². The molecule has 3 rings (SSSR count). The average Bonchev–Trinajstić information content (AvgIpc) is 2.56. The summed E-state index contributed by atoms with van der Waals surface area (Å²) in [5.41, 5.74) is 4.32. The molecule has 2 aromatic heterocycles. The largest absolute Gasteiger partial charge is 0.264 e. The fraction of sp³-hybridized carbons (Fsp3) is 0.0588. The van der Waals surface area contributed by atoms with Crippen molar-refractivity contribution in [2.45, 2.75) is 4.90 Å². The lowest BCUT2D eigenvalue weighted by atomic mass is 10.0. The molecular weight excluding hydrogens is 264 g/mol. The maximum atomic E-state index is 4.55. The number of benzene rings is 1. The zero-order valence-corrected chi connectivity index (χ0v) is 12.0. The van der Waals surface area contributed by atoms with E-state index in [0.29, 0.717) is 0 Å². The number of nitrogens with zero attached hydrogens (tertiary/aromatic N) is 2. The van der Waals surface area contributed by atoms with E-state index >= 15 is 0 Å². The number of rotatable bonds is 3. The quantitative estimate of drug-likeness (QED) is 0.658. The molecule has 2 heterocycles. The number of thioether (sulfide) groups is 1. The van der Waals surface area contributed by atoms with E-state index in [0.717, 1.165) is 22.4 Å². The molecule has 0 aliphatic carbocycles. The summed E-state index contributed by atoms with van der Waals surface area (Å²) in [7, 11) is 0. The van der Waals surface area contributed by atoms with Gasteiger partial charge in [-0.05, 0) is 30.5 Å². The third-order valence-corrected chi connectivity index (χ3v) is 3.89. The first-order valence-electron chi connectivity index (χ1n) is 6.38. The molecule has 0 radical (unpaired) electrons. The molecule has 1 aromatic carbocycles. The van der Waals surface area contributed by atoms with Gasteiger partial charge in [-0.2, -0.15) is 0 Å². The van der Waals surface area contributed by atoms with Crippen molar-refractivity contribution in [3.05, 3.63) is 67.1 Å². The van der Waals surface area contributed by atoms with Gasteiger partial charge in [-0.15, -0.1) is 11.8 Å². The molecule has 0 saturated carbocycles. The Bertz CT molecular complexity index is 694. The predicted molar refractivity (Wildman–Crippen MR) is 84.7 cm³/mol. The molecule has 20 heavy (non-hydrogen) atoms. The molecule has 0 N–H and O–H groups in total. The molecule has 0 unspecified atom stereocenters. The Kier molecular flexibility index (Phi) is 3.79. The van der Waals surface area contributed by atoms with Gasteiger partial charge in [0, 0.05) is 40.2 Å². The minimum absolute atomic E-state index is 0.994. The maximum Gasteiger partial charge on any atom is 0.0780 e. The van der Waals surface area contributed by atoms with Crippen molar-refractivity contribution < 1.29 is 0 Å². The van der Waals surface area contributed by atoms with Gasteiger partial charge in [0.1, 0.15) is 0 Å². The molecule has 3 heteroatoms. The van der Waals surface area contributed by atoms with Crippen molar-refractivity contribution in [3.63, 3.8) is 0 Å². The summed E-state index contributed by atoms with van der Waals surface area (Å²) in [6, 6.07) is 16.5. The first kappa shape index (κ1) is 12.9. The molecule has 3 aromatic rings. The molecule has 0 fully saturated rings. The summed E-state index contributed by atoms with van der Waals surface area (Å²) in [6.07, 6.45) is 7.57. The lowest BCUT2D eigenvalue weighted by Gasteiger charge is -2.09. The van der Waals surface area contributed by atoms with E-state index in [1.54, 1.807) is 18.0 Å². The SMILES string of the molecule is CSc1ccc(-c2ncccc2-c2cccnc2)cc1. The van der Waals surface area contributed by atoms with Crippen LogP contribution in [-0.4, -0.2) is 16.2 Å². The highest BCUT2D eigenvalue weighted by Gasteiger charge is 2.08. The van der Waals surface area contributed by atoms with Crippen molar-refractivity contribution in [2.75, 3.05) is 6.26 Å². The molecule has 0 amide bonds. The van der Waals surface area contributed by atoms with Gasteiger partial charge in [0.2, 0.25) is 0 Å². The Morgan fingerprint density at radius 2 is 1.65 bits per heavy atom. The normalized spacial score (nSPS) is 10.4. The highest BCUT2D eigenvalue weighted by Crippen LogP contribution is 2.30. The third-order valence-electron chi connectivity index (χ3n) is 3.14. The van der Waals surface area contributed by atoms with Gasteiger partial charge in [-0.25, -0.2) is 0 Å². The van der Waals surface area contributed by atoms with Crippen LogP contribution in [0.25, 0.3) is 22.4 Å². The Morgan fingerprint density at radius 3 is 2.35 bits per heavy atom. The summed E-state index contributed by atoms with van der Waals surface area (Å²) in [4.78, 5) is 10.00. The van der Waals surface area contributed by atoms with E-state index in [9.17, 15) is 0 Å². The molecule has 2 nitrogen and oxygen atoms in total. The topological polar surface area (TPSA) is 25.8 Å². The fourth-order valence-corrected chi connectivity index (χ4v) is 2.55. The Hall–Kier alpha value is -2.13. The van der Waals surface area contributed by atoms with Gasteiger partial charge in [-0.1, -0.05) is 24.3 Å². The minimum atomic E-state index is 0.994. The van der Waals surface area contributed by atoms with Crippen LogP contribution in [0.5, 0.6) is 0 Å². The molecular formula is C17H14N2S. The van der Waals surface area contributed by atoms with E-state index in [4.69, 9.17) is 0 Å². The Morgan fingerprint density at radius 1 is 0.850 bits per heavy atom. The first-order chi connectivity index (χ1) is 9.88. The molecule has 0 aliphatic heterocycles. The van der Waals surface area contributed by atoms with E-state index < -0.39 is 0 Å². The summed E-state index contributed by atoms with van der Waals surface area (Å²) in [6.45, 7) is 0. The second kappa shape index (κ2) is 5.88. The molecule has 0 atom stereocenters. The van der Waals surface area contributed by atoms with E-state index in [-0.39, 0.29) is 0 Å². The van der Waals surface area contributed by atoms with Crippen LogP contribution in [0.2, 0.25) is 0 Å². The van der Waals surface area contributed by atoms with Crippen LogP contribution in [0.1, 0.15) is 0 Å². The number of hydrogen-bond donors (Lipinski definition) is 0. The fourth-order valence-electron chi connectivity index (χ4n) is 2.14. The smallest absolute Gasteiger partial charge is 0.0780 e. The highest BCUT2D eigenvalue weighted by molar-refractivity contribution is 7.98. The van der Waals surface area contributed by atoms with E-state index in [2.05, 4.69) is 52.6 Å². The Labute approximate surface area is 122 Å². The zero-order chi connectivity index (χ0) is 13.8.